The lowest BCUT2D eigenvalue weighted by Crippen LogP contribution is -2.44. The molecule has 0 bridgehead atoms. The van der Waals surface area contributed by atoms with E-state index in [1.807, 2.05) is 24.3 Å². The molecule has 1 fully saturated rings. The SMILES string of the molecule is COc1cccc([C@H]2NC(=O)NC3=C2C(=O)N(C[C@@H]2CCCO2)C3)c1. The Balaban J connectivity index is 1.61. The first-order chi connectivity index (χ1) is 12.2. The highest BCUT2D eigenvalue weighted by Gasteiger charge is 2.41. The van der Waals surface area contributed by atoms with Gasteiger partial charge in [-0.1, -0.05) is 12.1 Å². The molecule has 3 aliphatic rings. The quantitative estimate of drug-likeness (QED) is 0.864. The Labute approximate surface area is 146 Å². The summed E-state index contributed by atoms with van der Waals surface area (Å²) in [7, 11) is 1.59. The van der Waals surface area contributed by atoms with Crippen molar-refractivity contribution in [2.24, 2.45) is 0 Å². The molecule has 1 saturated heterocycles. The summed E-state index contributed by atoms with van der Waals surface area (Å²) in [6.07, 6.45) is 2.09. The van der Waals surface area contributed by atoms with Gasteiger partial charge in [0.05, 0.1) is 37.1 Å². The van der Waals surface area contributed by atoms with Crippen molar-refractivity contribution in [3.05, 3.63) is 41.1 Å². The molecule has 3 heterocycles. The van der Waals surface area contributed by atoms with Crippen LogP contribution in [0.5, 0.6) is 5.75 Å². The van der Waals surface area contributed by atoms with Gasteiger partial charge in [-0.15, -0.1) is 0 Å². The van der Waals surface area contributed by atoms with E-state index in [-0.39, 0.29) is 18.0 Å². The van der Waals surface area contributed by atoms with E-state index in [0.717, 1.165) is 25.0 Å². The Bertz CT molecular complexity index is 740. The number of benzene rings is 1. The lowest BCUT2D eigenvalue weighted by Gasteiger charge is -2.26. The van der Waals surface area contributed by atoms with Gasteiger partial charge in [0.2, 0.25) is 0 Å². The van der Waals surface area contributed by atoms with Crippen LogP contribution in [-0.4, -0.2) is 49.7 Å². The van der Waals surface area contributed by atoms with Crippen molar-refractivity contribution >= 4 is 11.9 Å². The number of methoxy groups -OCH3 is 1. The van der Waals surface area contributed by atoms with E-state index in [0.29, 0.717) is 30.1 Å². The molecule has 25 heavy (non-hydrogen) atoms. The Hall–Kier alpha value is -2.54. The van der Waals surface area contributed by atoms with Gasteiger partial charge >= 0.3 is 6.03 Å². The normalized spacial score (nSPS) is 25.7. The van der Waals surface area contributed by atoms with Crippen LogP contribution in [-0.2, 0) is 9.53 Å². The second-order valence-electron chi connectivity index (χ2n) is 6.52. The van der Waals surface area contributed by atoms with Gasteiger partial charge in [-0.3, -0.25) is 4.79 Å². The number of carbonyl (C=O) groups is 2. The molecule has 0 unspecified atom stereocenters. The first-order valence-corrected chi connectivity index (χ1v) is 8.51. The molecule has 7 nitrogen and oxygen atoms in total. The van der Waals surface area contributed by atoms with E-state index in [1.54, 1.807) is 12.0 Å². The smallest absolute Gasteiger partial charge is 0.319 e. The first kappa shape index (κ1) is 16.0. The number of ether oxygens (including phenoxy) is 2. The van der Waals surface area contributed by atoms with Crippen LogP contribution in [0.25, 0.3) is 0 Å². The summed E-state index contributed by atoms with van der Waals surface area (Å²) in [5.41, 5.74) is 2.11. The minimum atomic E-state index is -0.471. The number of carbonyl (C=O) groups excluding carboxylic acids is 2. The first-order valence-electron chi connectivity index (χ1n) is 8.51. The number of nitrogens with one attached hydrogen (secondary N) is 2. The van der Waals surface area contributed by atoms with E-state index in [1.165, 1.54) is 0 Å². The maximum Gasteiger partial charge on any atom is 0.319 e. The maximum absolute atomic E-state index is 13.0. The Morgan fingerprint density at radius 2 is 2.24 bits per heavy atom. The van der Waals surface area contributed by atoms with Crippen molar-refractivity contribution in [1.82, 2.24) is 15.5 Å². The molecule has 0 aliphatic carbocycles. The molecule has 4 rings (SSSR count). The predicted molar refractivity (Wildman–Crippen MR) is 90.0 cm³/mol. The molecule has 132 valence electrons. The van der Waals surface area contributed by atoms with Crippen molar-refractivity contribution in [3.63, 3.8) is 0 Å². The standard InChI is InChI=1S/C18H21N3O4/c1-24-12-5-2-4-11(8-12)16-15-14(19-18(23)20-16)10-21(17(15)22)9-13-6-3-7-25-13/h2,4-5,8,13,16H,3,6-7,9-10H2,1H3,(H2,19,20,23)/t13-,16+/m0/s1. The molecule has 0 aromatic heterocycles. The summed E-state index contributed by atoms with van der Waals surface area (Å²) >= 11 is 0. The van der Waals surface area contributed by atoms with Crippen LogP contribution in [0.2, 0.25) is 0 Å². The Morgan fingerprint density at radius 1 is 1.36 bits per heavy atom. The Kier molecular flexibility index (Phi) is 4.09. The number of hydrogen-bond acceptors (Lipinski definition) is 4. The van der Waals surface area contributed by atoms with Crippen LogP contribution in [0.3, 0.4) is 0 Å². The molecule has 0 radical (unpaired) electrons. The van der Waals surface area contributed by atoms with Gasteiger partial charge in [0.1, 0.15) is 5.75 Å². The molecule has 7 heteroatoms. The molecule has 1 aromatic rings. The summed E-state index contributed by atoms with van der Waals surface area (Å²) in [6.45, 7) is 1.74. The number of rotatable bonds is 4. The topological polar surface area (TPSA) is 79.9 Å². The zero-order valence-electron chi connectivity index (χ0n) is 14.1. The molecule has 3 amide bonds. The maximum atomic E-state index is 13.0. The fraction of sp³-hybridized carbons (Fsp3) is 0.444. The van der Waals surface area contributed by atoms with E-state index >= 15 is 0 Å². The molecule has 3 aliphatic heterocycles. The van der Waals surface area contributed by atoms with Gasteiger partial charge in [-0.2, -0.15) is 0 Å². The van der Waals surface area contributed by atoms with Crippen LogP contribution in [0.15, 0.2) is 35.5 Å². The number of hydrogen-bond donors (Lipinski definition) is 2. The fourth-order valence-corrected chi connectivity index (χ4v) is 3.68. The zero-order valence-corrected chi connectivity index (χ0v) is 14.1. The minimum Gasteiger partial charge on any atom is -0.497 e. The molecule has 1 aromatic carbocycles. The highest BCUT2D eigenvalue weighted by molar-refractivity contribution is 6.01. The average Bonchev–Trinajstić information content (AvgIpc) is 3.23. The van der Waals surface area contributed by atoms with E-state index in [9.17, 15) is 9.59 Å². The molecule has 0 spiro atoms. The summed E-state index contributed by atoms with van der Waals surface area (Å²) in [6, 6.07) is 6.66. The van der Waals surface area contributed by atoms with Gasteiger partial charge in [0.15, 0.2) is 0 Å². The van der Waals surface area contributed by atoms with Crippen LogP contribution in [0.4, 0.5) is 4.79 Å². The van der Waals surface area contributed by atoms with Crippen LogP contribution in [0, 0.1) is 0 Å². The van der Waals surface area contributed by atoms with Gasteiger partial charge in [0, 0.05) is 13.2 Å². The van der Waals surface area contributed by atoms with Crippen LogP contribution < -0.4 is 15.4 Å². The second kappa shape index (κ2) is 6.40. The lowest BCUT2D eigenvalue weighted by atomic mass is 9.96. The van der Waals surface area contributed by atoms with Crippen molar-refractivity contribution in [1.29, 1.82) is 0 Å². The summed E-state index contributed by atoms with van der Waals surface area (Å²) in [4.78, 5) is 26.8. The van der Waals surface area contributed by atoms with E-state index in [4.69, 9.17) is 9.47 Å². The molecular weight excluding hydrogens is 322 g/mol. The summed E-state index contributed by atoms with van der Waals surface area (Å²) in [5.74, 6) is 0.639. The van der Waals surface area contributed by atoms with E-state index in [2.05, 4.69) is 10.6 Å². The van der Waals surface area contributed by atoms with Crippen molar-refractivity contribution in [2.45, 2.75) is 25.0 Å². The predicted octanol–water partition coefficient (Wildman–Crippen LogP) is 1.32. The Morgan fingerprint density at radius 3 is 3.00 bits per heavy atom. The zero-order chi connectivity index (χ0) is 17.4. The molecule has 2 N–H and O–H groups in total. The largest absolute Gasteiger partial charge is 0.497 e. The van der Waals surface area contributed by atoms with Gasteiger partial charge in [0.25, 0.3) is 5.91 Å². The summed E-state index contributed by atoms with van der Waals surface area (Å²) in [5, 5.41) is 5.64. The number of nitrogens with zero attached hydrogens (tertiary/aromatic N) is 1. The third-order valence-corrected chi connectivity index (χ3v) is 4.90. The van der Waals surface area contributed by atoms with Crippen LogP contribution >= 0.6 is 0 Å². The third-order valence-electron chi connectivity index (χ3n) is 4.90. The highest BCUT2D eigenvalue weighted by Crippen LogP contribution is 2.34. The lowest BCUT2D eigenvalue weighted by molar-refractivity contribution is -0.127. The average molecular weight is 343 g/mol. The van der Waals surface area contributed by atoms with Crippen molar-refractivity contribution < 1.29 is 19.1 Å². The third kappa shape index (κ3) is 2.95. The van der Waals surface area contributed by atoms with Crippen molar-refractivity contribution in [3.8, 4) is 5.75 Å². The van der Waals surface area contributed by atoms with E-state index < -0.39 is 6.04 Å². The minimum absolute atomic E-state index is 0.0502. The van der Waals surface area contributed by atoms with Gasteiger partial charge in [-0.05, 0) is 30.5 Å². The van der Waals surface area contributed by atoms with Crippen LogP contribution in [0.1, 0.15) is 24.4 Å². The molecular formula is C18H21N3O4. The second-order valence-corrected chi connectivity index (χ2v) is 6.52. The number of amides is 3. The highest BCUT2D eigenvalue weighted by atomic mass is 16.5. The number of urea groups is 1. The monoisotopic (exact) mass is 343 g/mol. The molecule has 2 atom stereocenters. The fourth-order valence-electron chi connectivity index (χ4n) is 3.68. The van der Waals surface area contributed by atoms with Gasteiger partial charge in [-0.25, -0.2) is 4.79 Å². The van der Waals surface area contributed by atoms with Gasteiger partial charge < -0.3 is 25.0 Å². The molecule has 0 saturated carbocycles. The summed E-state index contributed by atoms with van der Waals surface area (Å²) < 4.78 is 10.9. The van der Waals surface area contributed by atoms with Crippen molar-refractivity contribution in [2.75, 3.05) is 26.8 Å².